The number of nitrogens with one attached hydrogen (secondary N) is 1. The average Bonchev–Trinajstić information content (AvgIpc) is 2.60. The Morgan fingerprint density at radius 2 is 1.83 bits per heavy atom. The van der Waals surface area contributed by atoms with E-state index in [9.17, 15) is 10.1 Å². The summed E-state index contributed by atoms with van der Waals surface area (Å²) < 4.78 is 0. The minimum absolute atomic E-state index is 0.0485. The monoisotopic (exact) mass is 338 g/mol. The molecule has 2 aromatic rings. The van der Waals surface area contributed by atoms with E-state index in [2.05, 4.69) is 12.2 Å². The second-order valence-electron chi connectivity index (χ2n) is 5.48. The Balaban J connectivity index is 2.06. The van der Waals surface area contributed by atoms with Gasteiger partial charge in [-0.15, -0.1) is 0 Å². The van der Waals surface area contributed by atoms with Crippen molar-refractivity contribution in [2.45, 2.75) is 26.2 Å². The molecular formula is C20H19ClN2O. The average molecular weight is 339 g/mol. The molecule has 0 fully saturated rings. The summed E-state index contributed by atoms with van der Waals surface area (Å²) in [5.74, 6) is -0.422. The molecule has 0 aromatic heterocycles. The van der Waals surface area contributed by atoms with E-state index in [1.807, 2.05) is 30.3 Å². The summed E-state index contributed by atoms with van der Waals surface area (Å²) in [4.78, 5) is 12.2. The lowest BCUT2D eigenvalue weighted by molar-refractivity contribution is -0.112. The van der Waals surface area contributed by atoms with Crippen LogP contribution in [0.3, 0.4) is 0 Å². The van der Waals surface area contributed by atoms with Crippen molar-refractivity contribution in [2.75, 3.05) is 5.32 Å². The van der Waals surface area contributed by atoms with Crippen LogP contribution in [0.1, 0.15) is 30.9 Å². The summed E-state index contributed by atoms with van der Waals surface area (Å²) in [6.45, 7) is 2.16. The molecule has 1 amide bonds. The Morgan fingerprint density at radius 1 is 1.17 bits per heavy atom. The fraction of sp³-hybridized carbons (Fsp3) is 0.200. The molecule has 0 aliphatic heterocycles. The number of anilines is 1. The molecule has 0 saturated carbocycles. The molecule has 0 atom stereocenters. The SMILES string of the molecule is CCCCc1ccc(NC(=O)/C(C#N)=C/c2ccc(Cl)cc2)cc1. The fourth-order valence-electron chi connectivity index (χ4n) is 2.21. The van der Waals surface area contributed by atoms with Gasteiger partial charge in [-0.3, -0.25) is 4.79 Å². The number of hydrogen-bond acceptors (Lipinski definition) is 2. The Bertz CT molecular complexity index is 756. The van der Waals surface area contributed by atoms with Crippen molar-refractivity contribution in [3.05, 3.63) is 70.3 Å². The maximum Gasteiger partial charge on any atom is 0.266 e. The third-order valence-corrected chi connectivity index (χ3v) is 3.83. The van der Waals surface area contributed by atoms with E-state index in [-0.39, 0.29) is 5.57 Å². The largest absolute Gasteiger partial charge is 0.321 e. The smallest absolute Gasteiger partial charge is 0.266 e. The van der Waals surface area contributed by atoms with Crippen molar-refractivity contribution >= 4 is 29.3 Å². The van der Waals surface area contributed by atoms with E-state index in [1.165, 1.54) is 5.56 Å². The lowest BCUT2D eigenvalue weighted by atomic mass is 10.1. The Morgan fingerprint density at radius 3 is 2.42 bits per heavy atom. The Kier molecular flexibility index (Phi) is 6.60. The summed E-state index contributed by atoms with van der Waals surface area (Å²) in [5, 5.41) is 12.6. The molecule has 3 nitrogen and oxygen atoms in total. The van der Waals surface area contributed by atoms with Crippen LogP contribution >= 0.6 is 11.6 Å². The zero-order valence-electron chi connectivity index (χ0n) is 13.6. The molecule has 0 spiro atoms. The van der Waals surface area contributed by atoms with Gasteiger partial charge in [-0.2, -0.15) is 5.26 Å². The van der Waals surface area contributed by atoms with Gasteiger partial charge < -0.3 is 5.32 Å². The first-order valence-electron chi connectivity index (χ1n) is 7.90. The molecule has 4 heteroatoms. The molecule has 2 rings (SSSR count). The number of hydrogen-bond donors (Lipinski definition) is 1. The second kappa shape index (κ2) is 8.90. The van der Waals surface area contributed by atoms with E-state index in [1.54, 1.807) is 30.3 Å². The zero-order valence-corrected chi connectivity index (χ0v) is 14.3. The minimum Gasteiger partial charge on any atom is -0.321 e. The van der Waals surface area contributed by atoms with Gasteiger partial charge in [-0.1, -0.05) is 49.2 Å². The van der Waals surface area contributed by atoms with Crippen molar-refractivity contribution in [3.63, 3.8) is 0 Å². The molecule has 2 aromatic carbocycles. The lowest BCUT2D eigenvalue weighted by Gasteiger charge is -2.06. The topological polar surface area (TPSA) is 52.9 Å². The summed E-state index contributed by atoms with van der Waals surface area (Å²) >= 11 is 5.83. The van der Waals surface area contributed by atoms with Gasteiger partial charge in [0.25, 0.3) is 5.91 Å². The highest BCUT2D eigenvalue weighted by Gasteiger charge is 2.09. The summed E-state index contributed by atoms with van der Waals surface area (Å²) in [7, 11) is 0. The van der Waals surface area contributed by atoms with Crippen LogP contribution in [0, 0.1) is 11.3 Å². The van der Waals surface area contributed by atoms with E-state index >= 15 is 0 Å². The van der Waals surface area contributed by atoms with Gasteiger partial charge in [0.05, 0.1) is 0 Å². The number of carbonyl (C=O) groups excluding carboxylic acids is 1. The summed E-state index contributed by atoms with van der Waals surface area (Å²) in [6.07, 6.45) is 4.87. The number of nitriles is 1. The molecule has 0 heterocycles. The van der Waals surface area contributed by atoms with Crippen molar-refractivity contribution in [3.8, 4) is 6.07 Å². The van der Waals surface area contributed by atoms with E-state index in [0.717, 1.165) is 24.8 Å². The molecule has 0 aliphatic carbocycles. The van der Waals surface area contributed by atoms with Crippen LogP contribution < -0.4 is 5.32 Å². The Labute approximate surface area is 147 Å². The van der Waals surface area contributed by atoms with E-state index in [4.69, 9.17) is 11.6 Å². The maximum absolute atomic E-state index is 12.2. The summed E-state index contributed by atoms with van der Waals surface area (Å²) in [6, 6.07) is 16.6. The number of aryl methyl sites for hydroxylation is 1. The van der Waals surface area contributed by atoms with Gasteiger partial charge >= 0.3 is 0 Å². The minimum atomic E-state index is -0.422. The van der Waals surface area contributed by atoms with Gasteiger partial charge in [-0.05, 0) is 54.3 Å². The van der Waals surface area contributed by atoms with Crippen molar-refractivity contribution < 1.29 is 4.79 Å². The molecular weight excluding hydrogens is 320 g/mol. The van der Waals surface area contributed by atoms with Crippen LogP contribution in [0.2, 0.25) is 5.02 Å². The standard InChI is InChI=1S/C20H19ClN2O/c1-2-3-4-15-7-11-19(12-8-15)23-20(24)17(14-22)13-16-5-9-18(21)10-6-16/h5-13H,2-4H2,1H3,(H,23,24)/b17-13+. The molecule has 24 heavy (non-hydrogen) atoms. The molecule has 0 saturated heterocycles. The van der Waals surface area contributed by atoms with Gasteiger partial charge in [-0.25, -0.2) is 0 Å². The maximum atomic E-state index is 12.2. The first-order chi connectivity index (χ1) is 11.6. The fourth-order valence-corrected chi connectivity index (χ4v) is 2.33. The number of benzene rings is 2. The molecule has 0 bridgehead atoms. The normalized spacial score (nSPS) is 11.0. The molecule has 122 valence electrons. The number of halogens is 1. The van der Waals surface area contributed by atoms with Crippen molar-refractivity contribution in [1.82, 2.24) is 0 Å². The van der Waals surface area contributed by atoms with Crippen LogP contribution in [0.15, 0.2) is 54.1 Å². The number of rotatable bonds is 6. The van der Waals surface area contributed by atoms with Crippen LogP contribution in [0.25, 0.3) is 6.08 Å². The zero-order chi connectivity index (χ0) is 17.4. The number of carbonyl (C=O) groups is 1. The number of amides is 1. The third kappa shape index (κ3) is 5.26. The van der Waals surface area contributed by atoms with Crippen molar-refractivity contribution in [2.24, 2.45) is 0 Å². The van der Waals surface area contributed by atoms with Gasteiger partial charge in [0.15, 0.2) is 0 Å². The first kappa shape index (κ1) is 17.8. The third-order valence-electron chi connectivity index (χ3n) is 3.58. The number of unbranched alkanes of at least 4 members (excludes halogenated alkanes) is 1. The summed E-state index contributed by atoms with van der Waals surface area (Å²) in [5.41, 5.74) is 2.72. The first-order valence-corrected chi connectivity index (χ1v) is 8.28. The van der Waals surface area contributed by atoms with Crippen LogP contribution in [0.5, 0.6) is 0 Å². The quantitative estimate of drug-likeness (QED) is 0.579. The van der Waals surface area contributed by atoms with Gasteiger partial charge in [0, 0.05) is 10.7 Å². The second-order valence-corrected chi connectivity index (χ2v) is 5.91. The van der Waals surface area contributed by atoms with Crippen LogP contribution in [0.4, 0.5) is 5.69 Å². The molecule has 0 radical (unpaired) electrons. The van der Waals surface area contributed by atoms with Crippen molar-refractivity contribution in [1.29, 1.82) is 5.26 Å². The highest BCUT2D eigenvalue weighted by atomic mass is 35.5. The van der Waals surface area contributed by atoms with Gasteiger partial charge in [0.1, 0.15) is 11.6 Å². The number of nitrogens with zero attached hydrogens (tertiary/aromatic N) is 1. The molecule has 0 aliphatic rings. The Hall–Kier alpha value is -2.57. The lowest BCUT2D eigenvalue weighted by Crippen LogP contribution is -2.13. The predicted octanol–water partition coefficient (Wildman–Crippen LogP) is 5.23. The highest BCUT2D eigenvalue weighted by molar-refractivity contribution is 6.30. The van der Waals surface area contributed by atoms with Gasteiger partial charge in [0.2, 0.25) is 0 Å². The molecule has 0 unspecified atom stereocenters. The highest BCUT2D eigenvalue weighted by Crippen LogP contribution is 2.15. The van der Waals surface area contributed by atoms with Crippen LogP contribution in [-0.4, -0.2) is 5.91 Å². The predicted molar refractivity (Wildman–Crippen MR) is 98.7 cm³/mol. The van der Waals surface area contributed by atoms with E-state index < -0.39 is 5.91 Å². The van der Waals surface area contributed by atoms with E-state index in [0.29, 0.717) is 10.7 Å². The molecule has 1 N–H and O–H groups in total. The van der Waals surface area contributed by atoms with Crippen LogP contribution in [-0.2, 0) is 11.2 Å².